The normalized spacial score (nSPS) is 16.6. The molecule has 1 saturated heterocycles. The second kappa shape index (κ2) is 8.55. The van der Waals surface area contributed by atoms with E-state index in [1.807, 2.05) is 24.3 Å². The molecule has 0 bridgehead atoms. The summed E-state index contributed by atoms with van der Waals surface area (Å²) in [6.45, 7) is 1.12. The van der Waals surface area contributed by atoms with E-state index in [9.17, 15) is 13.6 Å². The molecule has 0 saturated carbocycles. The Balaban J connectivity index is 1.54. The molecular weight excluding hydrogens is 402 g/mol. The van der Waals surface area contributed by atoms with Crippen LogP contribution in [0.25, 0.3) is 10.2 Å². The highest BCUT2D eigenvalue weighted by molar-refractivity contribution is 8.00. The van der Waals surface area contributed by atoms with Gasteiger partial charge in [-0.3, -0.25) is 9.69 Å². The standard InChI is InChI=1S/C20H18F2N2O2S2/c21-13-7-8-17(15(22)10-13)27-12-19(25)24(11-14-4-3-9-26-14)20-23-16-5-1-2-6-18(16)28-20/h1-2,5-8,10,14H,3-4,9,11-12H2/t14-/m1/s1. The molecule has 0 aliphatic carbocycles. The first-order valence-corrected chi connectivity index (χ1v) is 10.8. The van der Waals surface area contributed by atoms with E-state index in [2.05, 4.69) is 4.98 Å². The second-order valence-electron chi connectivity index (χ2n) is 6.47. The van der Waals surface area contributed by atoms with Crippen molar-refractivity contribution in [2.24, 2.45) is 0 Å². The number of ether oxygens (including phenoxy) is 1. The maximum absolute atomic E-state index is 13.9. The summed E-state index contributed by atoms with van der Waals surface area (Å²) >= 11 is 2.50. The van der Waals surface area contributed by atoms with Crippen LogP contribution < -0.4 is 4.90 Å². The molecule has 1 fully saturated rings. The molecule has 4 nitrogen and oxygen atoms in total. The summed E-state index contributed by atoms with van der Waals surface area (Å²) in [7, 11) is 0. The van der Waals surface area contributed by atoms with Gasteiger partial charge in [0.1, 0.15) is 11.6 Å². The molecule has 0 unspecified atom stereocenters. The van der Waals surface area contributed by atoms with Gasteiger partial charge in [0.2, 0.25) is 5.91 Å². The minimum atomic E-state index is -0.663. The topological polar surface area (TPSA) is 42.4 Å². The number of anilines is 1. The fourth-order valence-corrected chi connectivity index (χ4v) is 4.85. The van der Waals surface area contributed by atoms with E-state index >= 15 is 0 Å². The summed E-state index contributed by atoms with van der Waals surface area (Å²) < 4.78 is 33.7. The number of carbonyl (C=O) groups is 1. The third kappa shape index (κ3) is 4.34. The molecule has 1 aliphatic rings. The van der Waals surface area contributed by atoms with Crippen molar-refractivity contribution in [3.05, 3.63) is 54.1 Å². The van der Waals surface area contributed by atoms with Crippen LogP contribution in [-0.4, -0.2) is 35.9 Å². The highest BCUT2D eigenvalue weighted by atomic mass is 32.2. The van der Waals surface area contributed by atoms with Gasteiger partial charge in [-0.1, -0.05) is 23.5 Å². The van der Waals surface area contributed by atoms with Gasteiger partial charge >= 0.3 is 0 Å². The minimum Gasteiger partial charge on any atom is -0.376 e. The lowest BCUT2D eigenvalue weighted by atomic mass is 10.2. The lowest BCUT2D eigenvalue weighted by Crippen LogP contribution is -2.38. The SMILES string of the molecule is O=C(CSc1ccc(F)cc1F)N(C[C@H]1CCCO1)c1nc2ccccc2s1. The van der Waals surface area contributed by atoms with E-state index in [1.165, 1.54) is 23.5 Å². The Morgan fingerprint density at radius 3 is 2.89 bits per heavy atom. The number of thiazole rings is 1. The maximum atomic E-state index is 13.9. The summed E-state index contributed by atoms with van der Waals surface area (Å²) in [6.07, 6.45) is 1.85. The summed E-state index contributed by atoms with van der Waals surface area (Å²) in [5, 5.41) is 0.613. The monoisotopic (exact) mass is 420 g/mol. The molecule has 4 rings (SSSR count). The zero-order chi connectivity index (χ0) is 19.5. The first kappa shape index (κ1) is 19.3. The molecule has 1 aromatic heterocycles. The van der Waals surface area contributed by atoms with Gasteiger partial charge in [-0.05, 0) is 37.1 Å². The highest BCUT2D eigenvalue weighted by Gasteiger charge is 2.26. The van der Waals surface area contributed by atoms with Crippen LogP contribution in [0, 0.1) is 11.6 Å². The lowest BCUT2D eigenvalue weighted by Gasteiger charge is -2.23. The Labute approximate surface area is 169 Å². The summed E-state index contributed by atoms with van der Waals surface area (Å²) in [6, 6.07) is 11.1. The molecule has 0 spiro atoms. The zero-order valence-corrected chi connectivity index (χ0v) is 16.6. The lowest BCUT2D eigenvalue weighted by molar-refractivity contribution is -0.116. The third-order valence-corrected chi connectivity index (χ3v) is 6.56. The minimum absolute atomic E-state index is 0.0245. The third-order valence-electron chi connectivity index (χ3n) is 4.47. The molecule has 1 aliphatic heterocycles. The van der Waals surface area contributed by atoms with Gasteiger partial charge in [0.05, 0.1) is 28.6 Å². The zero-order valence-electron chi connectivity index (χ0n) is 14.9. The molecule has 0 radical (unpaired) electrons. The van der Waals surface area contributed by atoms with Crippen LogP contribution in [0.15, 0.2) is 47.4 Å². The number of amides is 1. The average molecular weight is 421 g/mol. The number of hydrogen-bond acceptors (Lipinski definition) is 5. The van der Waals surface area contributed by atoms with Crippen molar-refractivity contribution in [1.29, 1.82) is 0 Å². The smallest absolute Gasteiger partial charge is 0.239 e. The van der Waals surface area contributed by atoms with E-state index in [4.69, 9.17) is 4.74 Å². The van der Waals surface area contributed by atoms with Crippen molar-refractivity contribution in [1.82, 2.24) is 4.98 Å². The van der Waals surface area contributed by atoms with Crippen molar-refractivity contribution >= 4 is 44.4 Å². The highest BCUT2D eigenvalue weighted by Crippen LogP contribution is 2.31. The fourth-order valence-electron chi connectivity index (χ4n) is 3.06. The molecular formula is C20H18F2N2O2S2. The van der Waals surface area contributed by atoms with Gasteiger partial charge in [-0.2, -0.15) is 0 Å². The van der Waals surface area contributed by atoms with Crippen LogP contribution in [0.5, 0.6) is 0 Å². The van der Waals surface area contributed by atoms with Crippen molar-refractivity contribution in [3.63, 3.8) is 0 Å². The summed E-state index contributed by atoms with van der Waals surface area (Å²) in [5.41, 5.74) is 0.838. The van der Waals surface area contributed by atoms with Crippen LogP contribution in [0.3, 0.4) is 0 Å². The largest absolute Gasteiger partial charge is 0.376 e. The van der Waals surface area contributed by atoms with Crippen LogP contribution in [0.2, 0.25) is 0 Å². The van der Waals surface area contributed by atoms with Gasteiger partial charge in [0.15, 0.2) is 5.13 Å². The number of rotatable bonds is 6. The Morgan fingerprint density at radius 2 is 2.14 bits per heavy atom. The molecule has 8 heteroatoms. The molecule has 3 aromatic rings. The van der Waals surface area contributed by atoms with Crippen LogP contribution in [-0.2, 0) is 9.53 Å². The van der Waals surface area contributed by atoms with Crippen LogP contribution in [0.1, 0.15) is 12.8 Å². The average Bonchev–Trinajstić information content (AvgIpc) is 3.34. The number of carbonyl (C=O) groups excluding carboxylic acids is 1. The number of hydrogen-bond donors (Lipinski definition) is 0. The van der Waals surface area contributed by atoms with Gasteiger partial charge in [-0.25, -0.2) is 13.8 Å². The van der Waals surface area contributed by atoms with Crippen LogP contribution in [0.4, 0.5) is 13.9 Å². The van der Waals surface area contributed by atoms with Gasteiger partial charge in [-0.15, -0.1) is 11.8 Å². The molecule has 28 heavy (non-hydrogen) atoms. The Morgan fingerprint density at radius 1 is 1.29 bits per heavy atom. The van der Waals surface area contributed by atoms with Crippen molar-refractivity contribution in [2.45, 2.75) is 23.8 Å². The number of benzene rings is 2. The van der Waals surface area contributed by atoms with E-state index in [0.29, 0.717) is 18.3 Å². The Hall–Kier alpha value is -2.03. The fraction of sp³-hybridized carbons (Fsp3) is 0.300. The number of halogens is 2. The molecule has 1 atom stereocenters. The van der Waals surface area contributed by atoms with E-state index < -0.39 is 11.6 Å². The predicted molar refractivity (Wildman–Crippen MR) is 108 cm³/mol. The number of fused-ring (bicyclic) bond motifs is 1. The first-order valence-electron chi connectivity index (χ1n) is 8.95. The molecule has 2 heterocycles. The number of para-hydroxylation sites is 1. The van der Waals surface area contributed by atoms with E-state index in [0.717, 1.165) is 40.9 Å². The molecule has 146 valence electrons. The predicted octanol–water partition coefficient (Wildman–Crippen LogP) is 4.88. The second-order valence-corrected chi connectivity index (χ2v) is 8.49. The molecule has 0 N–H and O–H groups in total. The van der Waals surface area contributed by atoms with Gasteiger partial charge in [0.25, 0.3) is 0 Å². The maximum Gasteiger partial charge on any atom is 0.239 e. The quantitative estimate of drug-likeness (QED) is 0.533. The Kier molecular flexibility index (Phi) is 5.89. The van der Waals surface area contributed by atoms with Crippen LogP contribution >= 0.6 is 23.1 Å². The number of nitrogens with zero attached hydrogens (tertiary/aromatic N) is 2. The Bertz CT molecular complexity index is 956. The number of aromatic nitrogens is 1. The van der Waals surface area contributed by atoms with Gasteiger partial charge < -0.3 is 4.74 Å². The number of thioether (sulfide) groups is 1. The van der Waals surface area contributed by atoms with Crippen molar-refractivity contribution in [3.8, 4) is 0 Å². The van der Waals surface area contributed by atoms with E-state index in [-0.39, 0.29) is 22.7 Å². The van der Waals surface area contributed by atoms with E-state index in [1.54, 1.807) is 4.90 Å². The molecule has 2 aromatic carbocycles. The summed E-state index contributed by atoms with van der Waals surface area (Å²) in [5.74, 6) is -1.44. The van der Waals surface area contributed by atoms with Gasteiger partial charge in [0, 0.05) is 17.6 Å². The molecule has 1 amide bonds. The van der Waals surface area contributed by atoms with Crippen molar-refractivity contribution < 1.29 is 18.3 Å². The first-order chi connectivity index (χ1) is 13.6. The van der Waals surface area contributed by atoms with Crippen molar-refractivity contribution in [2.75, 3.05) is 23.8 Å². The summed E-state index contributed by atoms with van der Waals surface area (Å²) in [4.78, 5) is 19.5.